The summed E-state index contributed by atoms with van der Waals surface area (Å²) in [5.41, 5.74) is 6.71. The van der Waals surface area contributed by atoms with Crippen LogP contribution >= 0.6 is 15.9 Å². The summed E-state index contributed by atoms with van der Waals surface area (Å²) in [6.45, 7) is 36.0. The van der Waals surface area contributed by atoms with Crippen molar-refractivity contribution in [2.24, 2.45) is 0 Å². The van der Waals surface area contributed by atoms with E-state index in [9.17, 15) is 5.11 Å². The molecule has 0 aliphatic heterocycles. The Bertz CT molecular complexity index is 1400. The van der Waals surface area contributed by atoms with Crippen molar-refractivity contribution < 1.29 is 9.53 Å². The predicted molar refractivity (Wildman–Crippen MR) is 193 cm³/mol. The fourth-order valence-electron chi connectivity index (χ4n) is 6.04. The van der Waals surface area contributed by atoms with E-state index < -0.39 is 13.9 Å². The Balaban J connectivity index is 2.63. The van der Waals surface area contributed by atoms with Crippen LogP contribution in [0, 0.1) is 6.92 Å². The zero-order valence-electron chi connectivity index (χ0n) is 29.9. The summed E-state index contributed by atoms with van der Waals surface area (Å²) in [7, 11) is -1.95. The zero-order valence-corrected chi connectivity index (χ0v) is 32.4. The van der Waals surface area contributed by atoms with Gasteiger partial charge < -0.3 is 9.53 Å². The number of aliphatic hydroxyl groups is 1. The fourth-order valence-corrected chi connectivity index (χ4v) is 7.14. The Kier molecular flexibility index (Phi) is 9.50. The first-order chi connectivity index (χ1) is 19.2. The number of halogens is 1. The maximum Gasteiger partial charge on any atom is 0.242 e. The lowest BCUT2D eigenvalue weighted by Gasteiger charge is -2.38. The topological polar surface area (TPSA) is 29.5 Å². The maximum atomic E-state index is 13.4. The molecule has 1 N–H and O–H groups in total. The first-order valence-corrected chi connectivity index (χ1v) is 19.9. The molecule has 0 aliphatic rings. The summed E-state index contributed by atoms with van der Waals surface area (Å²) in [5, 5.41) is 13.4. The average Bonchev–Trinajstić information content (AvgIpc) is 2.80. The summed E-state index contributed by atoms with van der Waals surface area (Å²) >= 11 is 3.63. The van der Waals surface area contributed by atoms with Crippen LogP contribution in [0.4, 0.5) is 0 Å². The van der Waals surface area contributed by atoms with Crippen molar-refractivity contribution in [3.8, 4) is 5.75 Å². The van der Waals surface area contributed by atoms with E-state index in [0.717, 1.165) is 38.0 Å². The maximum absolute atomic E-state index is 13.4. The number of benzene rings is 3. The molecule has 0 bridgehead atoms. The first kappa shape index (κ1) is 35.6. The van der Waals surface area contributed by atoms with E-state index in [4.69, 9.17) is 4.43 Å². The minimum atomic E-state index is -1.95. The monoisotopic (exact) mass is 664 g/mol. The molecular weight excluding hydrogens is 608 g/mol. The highest BCUT2D eigenvalue weighted by Gasteiger charge is 2.40. The summed E-state index contributed by atoms with van der Waals surface area (Å²) in [6, 6.07) is 17.1. The van der Waals surface area contributed by atoms with Gasteiger partial charge in [0, 0.05) is 4.47 Å². The Labute approximate surface area is 272 Å². The molecule has 43 heavy (non-hydrogen) atoms. The normalized spacial score (nSPS) is 14.9. The van der Waals surface area contributed by atoms with Gasteiger partial charge in [-0.15, -0.1) is 0 Å². The van der Waals surface area contributed by atoms with E-state index in [0.29, 0.717) is 0 Å². The fraction of sp³-hybridized carbons (Fsp3) is 0.538. The Morgan fingerprint density at radius 3 is 1.19 bits per heavy atom. The molecule has 0 aliphatic carbocycles. The van der Waals surface area contributed by atoms with E-state index in [-0.39, 0.29) is 21.7 Å². The lowest BCUT2D eigenvalue weighted by Crippen LogP contribution is -2.35. The van der Waals surface area contributed by atoms with Crippen LogP contribution in [-0.4, -0.2) is 13.4 Å². The van der Waals surface area contributed by atoms with Crippen LogP contribution < -0.4 is 4.43 Å². The summed E-state index contributed by atoms with van der Waals surface area (Å²) < 4.78 is 7.89. The van der Waals surface area contributed by atoms with Crippen molar-refractivity contribution in [2.45, 2.75) is 137 Å². The molecule has 236 valence electrons. The first-order valence-electron chi connectivity index (χ1n) is 15.7. The molecule has 0 unspecified atom stereocenters. The SMILES string of the molecule is Cc1c(C(C)(C)C)cc([C@](O)(c2ccc(Br)cc2)c2cc(C(C)(C)C)c(O[Si](C)(C)C)c(C(C)(C)C)c2)cc1C(C)(C)C. The van der Waals surface area contributed by atoms with Gasteiger partial charge in [0.25, 0.3) is 0 Å². The number of hydrogen-bond donors (Lipinski definition) is 1. The van der Waals surface area contributed by atoms with Gasteiger partial charge in [0.05, 0.1) is 0 Å². The van der Waals surface area contributed by atoms with Gasteiger partial charge in [-0.2, -0.15) is 0 Å². The summed E-state index contributed by atoms with van der Waals surface area (Å²) in [4.78, 5) is 0. The van der Waals surface area contributed by atoms with Crippen LogP contribution in [-0.2, 0) is 27.3 Å². The van der Waals surface area contributed by atoms with Gasteiger partial charge in [-0.1, -0.05) is 123 Å². The minimum Gasteiger partial charge on any atom is -0.544 e. The second-order valence-electron chi connectivity index (χ2n) is 17.5. The molecule has 0 fully saturated rings. The van der Waals surface area contributed by atoms with E-state index in [1.807, 2.05) is 12.1 Å². The van der Waals surface area contributed by atoms with Crippen LogP contribution in [0.3, 0.4) is 0 Å². The number of rotatable bonds is 5. The van der Waals surface area contributed by atoms with Gasteiger partial charge in [0.15, 0.2) is 0 Å². The predicted octanol–water partition coefficient (Wildman–Crippen LogP) is 11.4. The molecule has 0 aromatic heterocycles. The lowest BCUT2D eigenvalue weighted by molar-refractivity contribution is 0.125. The van der Waals surface area contributed by atoms with E-state index in [1.165, 1.54) is 16.7 Å². The van der Waals surface area contributed by atoms with Crippen LogP contribution in [0.1, 0.15) is 128 Å². The van der Waals surface area contributed by atoms with Crippen molar-refractivity contribution in [2.75, 3.05) is 0 Å². The molecule has 3 aromatic carbocycles. The summed E-state index contributed by atoms with van der Waals surface area (Å²) in [6.07, 6.45) is 0. The molecule has 1 atom stereocenters. The molecule has 0 radical (unpaired) electrons. The molecule has 0 amide bonds. The second kappa shape index (κ2) is 11.5. The van der Waals surface area contributed by atoms with Gasteiger partial charge in [-0.05, 0) is 117 Å². The molecule has 3 rings (SSSR count). The van der Waals surface area contributed by atoms with Gasteiger partial charge in [0.1, 0.15) is 11.4 Å². The van der Waals surface area contributed by atoms with Crippen molar-refractivity contribution in [1.29, 1.82) is 0 Å². The third kappa shape index (κ3) is 7.68. The van der Waals surface area contributed by atoms with Gasteiger partial charge in [-0.25, -0.2) is 0 Å². The molecule has 4 heteroatoms. The highest BCUT2D eigenvalue weighted by atomic mass is 79.9. The van der Waals surface area contributed by atoms with Crippen molar-refractivity contribution in [1.82, 2.24) is 0 Å². The average molecular weight is 666 g/mol. The highest BCUT2D eigenvalue weighted by Crippen LogP contribution is 2.48. The van der Waals surface area contributed by atoms with Crippen molar-refractivity contribution in [3.05, 3.63) is 97.5 Å². The molecule has 0 saturated heterocycles. The molecule has 2 nitrogen and oxygen atoms in total. The third-order valence-electron chi connectivity index (χ3n) is 8.23. The van der Waals surface area contributed by atoms with Gasteiger partial charge in [-0.3, -0.25) is 0 Å². The second-order valence-corrected chi connectivity index (χ2v) is 22.9. The highest BCUT2D eigenvalue weighted by molar-refractivity contribution is 9.10. The smallest absolute Gasteiger partial charge is 0.242 e. The minimum absolute atomic E-state index is 0.0944. The van der Waals surface area contributed by atoms with Crippen molar-refractivity contribution >= 4 is 24.2 Å². The Hall–Kier alpha value is -1.88. The van der Waals surface area contributed by atoms with E-state index in [1.54, 1.807) is 0 Å². The van der Waals surface area contributed by atoms with Gasteiger partial charge in [0.2, 0.25) is 8.32 Å². The van der Waals surface area contributed by atoms with Crippen LogP contribution in [0.2, 0.25) is 19.6 Å². The summed E-state index contributed by atoms with van der Waals surface area (Å²) in [5.74, 6) is 0.982. The van der Waals surface area contributed by atoms with Gasteiger partial charge >= 0.3 is 0 Å². The zero-order chi connectivity index (χ0) is 33.1. The van der Waals surface area contributed by atoms with Crippen LogP contribution in [0.15, 0.2) is 53.0 Å². The largest absolute Gasteiger partial charge is 0.544 e. The lowest BCUT2D eigenvalue weighted by atomic mass is 9.70. The van der Waals surface area contributed by atoms with Crippen molar-refractivity contribution in [3.63, 3.8) is 0 Å². The quantitative estimate of drug-likeness (QED) is 0.217. The molecule has 3 aromatic rings. The standard InChI is InChI=1S/C39H57BrO2Si/c1-25-30(35(2,3)4)21-27(22-31(25)36(5,6)7)39(41,26-17-19-29(40)20-18-26)28-23-32(37(8,9)10)34(42-43(14,15)16)33(24-28)38(11,12)13/h17-24,41H,1-16H3/t39-/m1/s1. The molecule has 0 spiro atoms. The molecule has 0 heterocycles. The molecular formula is C39H57BrO2Si. The Morgan fingerprint density at radius 2 is 0.884 bits per heavy atom. The number of hydrogen-bond acceptors (Lipinski definition) is 2. The third-order valence-corrected chi connectivity index (χ3v) is 9.58. The van der Waals surface area contributed by atoms with E-state index >= 15 is 0 Å². The van der Waals surface area contributed by atoms with Crippen LogP contribution in [0.5, 0.6) is 5.75 Å². The Morgan fingerprint density at radius 1 is 0.558 bits per heavy atom. The molecule has 0 saturated carbocycles. The van der Waals surface area contributed by atoms with E-state index in [2.05, 4.69) is 162 Å². The van der Waals surface area contributed by atoms with Crippen LogP contribution in [0.25, 0.3) is 0 Å².